The number of imidazole rings is 1. The maximum absolute atomic E-state index is 13.2. The molecule has 138 valence electrons. The number of carbonyl (C=O) groups excluding carboxylic acids is 1. The smallest absolute Gasteiger partial charge is 0.189 e. The highest BCUT2D eigenvalue weighted by Crippen LogP contribution is 2.25. The lowest BCUT2D eigenvalue weighted by molar-refractivity contribution is 0.0976. The van der Waals surface area contributed by atoms with Crippen molar-refractivity contribution in [1.29, 1.82) is 5.26 Å². The highest BCUT2D eigenvalue weighted by molar-refractivity contribution is 6.03. The van der Waals surface area contributed by atoms with E-state index in [0.29, 0.717) is 17.9 Å². The zero-order chi connectivity index (χ0) is 19.7. The van der Waals surface area contributed by atoms with Crippen molar-refractivity contribution in [3.05, 3.63) is 83.2 Å². The number of ketones is 1. The molecule has 0 amide bonds. The Morgan fingerprint density at radius 1 is 1.21 bits per heavy atom. The highest BCUT2D eigenvalue weighted by atomic mass is 16.1. The Bertz CT molecular complexity index is 1160. The molecule has 6 heteroatoms. The second-order valence-corrected chi connectivity index (χ2v) is 6.76. The first-order valence-electron chi connectivity index (χ1n) is 9.03. The van der Waals surface area contributed by atoms with Crippen molar-refractivity contribution in [2.24, 2.45) is 0 Å². The molecule has 0 aliphatic rings. The summed E-state index contributed by atoms with van der Waals surface area (Å²) < 4.78 is 2.04. The van der Waals surface area contributed by atoms with E-state index in [2.05, 4.69) is 21.0 Å². The van der Waals surface area contributed by atoms with E-state index in [4.69, 9.17) is 0 Å². The zero-order valence-corrected chi connectivity index (χ0v) is 15.7. The van der Waals surface area contributed by atoms with Gasteiger partial charge in [0.15, 0.2) is 11.7 Å². The normalized spacial score (nSPS) is 12.0. The quantitative estimate of drug-likeness (QED) is 0.540. The summed E-state index contributed by atoms with van der Waals surface area (Å²) in [5, 5.41) is 9.69. The first-order valence-corrected chi connectivity index (χ1v) is 9.03. The summed E-state index contributed by atoms with van der Waals surface area (Å²) in [7, 11) is 0. The lowest BCUT2D eigenvalue weighted by Gasteiger charge is -2.10. The minimum atomic E-state index is -0.976. The van der Waals surface area contributed by atoms with E-state index >= 15 is 0 Å². The van der Waals surface area contributed by atoms with Crippen LogP contribution in [0.15, 0.2) is 54.7 Å². The number of fused-ring (bicyclic) bond motifs is 1. The van der Waals surface area contributed by atoms with Gasteiger partial charge in [0, 0.05) is 23.1 Å². The standard InChI is InChI=1S/C22H19N5O/c1-14-11-17(15(2)27(14)13-16-7-5-6-10-24-16)21(28)18(12-23)22-25-19-8-3-4-9-20(19)26-22/h3-11,18H,13H2,1-2H3,(H,25,26). The molecule has 0 bridgehead atoms. The highest BCUT2D eigenvalue weighted by Gasteiger charge is 2.28. The summed E-state index contributed by atoms with van der Waals surface area (Å²) in [6.07, 6.45) is 1.75. The molecule has 1 atom stereocenters. The number of rotatable bonds is 5. The van der Waals surface area contributed by atoms with Crippen molar-refractivity contribution >= 4 is 16.8 Å². The van der Waals surface area contributed by atoms with Crippen LogP contribution in [0.3, 0.4) is 0 Å². The van der Waals surface area contributed by atoms with E-state index in [0.717, 1.165) is 28.1 Å². The number of carbonyl (C=O) groups is 1. The molecule has 0 aliphatic heterocycles. The molecule has 1 aromatic carbocycles. The van der Waals surface area contributed by atoms with Crippen LogP contribution in [0.2, 0.25) is 0 Å². The first kappa shape index (κ1) is 17.7. The zero-order valence-electron chi connectivity index (χ0n) is 15.7. The van der Waals surface area contributed by atoms with Crippen LogP contribution >= 0.6 is 0 Å². The van der Waals surface area contributed by atoms with Crippen LogP contribution in [0.25, 0.3) is 11.0 Å². The Morgan fingerprint density at radius 2 is 2.00 bits per heavy atom. The molecule has 3 heterocycles. The number of aromatic amines is 1. The summed E-state index contributed by atoms with van der Waals surface area (Å²) >= 11 is 0. The molecule has 6 nitrogen and oxygen atoms in total. The Morgan fingerprint density at radius 3 is 2.71 bits per heavy atom. The first-order chi connectivity index (χ1) is 13.6. The van der Waals surface area contributed by atoms with E-state index in [1.807, 2.05) is 66.9 Å². The van der Waals surface area contributed by atoms with Gasteiger partial charge >= 0.3 is 0 Å². The van der Waals surface area contributed by atoms with Gasteiger partial charge in [-0.25, -0.2) is 4.98 Å². The van der Waals surface area contributed by atoms with Gasteiger partial charge in [-0.2, -0.15) is 5.26 Å². The number of aromatic nitrogens is 4. The van der Waals surface area contributed by atoms with Crippen LogP contribution in [0.1, 0.15) is 39.2 Å². The fourth-order valence-electron chi connectivity index (χ4n) is 3.46. The number of pyridine rings is 1. The molecular weight excluding hydrogens is 350 g/mol. The molecule has 1 N–H and O–H groups in total. The maximum Gasteiger partial charge on any atom is 0.189 e. The van der Waals surface area contributed by atoms with Crippen LogP contribution in [0.5, 0.6) is 0 Å². The molecule has 0 saturated carbocycles. The van der Waals surface area contributed by atoms with Crippen LogP contribution in [0.4, 0.5) is 0 Å². The minimum Gasteiger partial charge on any atom is -0.343 e. The predicted molar refractivity (Wildman–Crippen MR) is 106 cm³/mol. The van der Waals surface area contributed by atoms with Gasteiger partial charge in [0.05, 0.1) is 29.3 Å². The summed E-state index contributed by atoms with van der Waals surface area (Å²) in [6, 6.07) is 17.2. The third-order valence-electron chi connectivity index (χ3n) is 4.96. The van der Waals surface area contributed by atoms with Gasteiger partial charge in [-0.3, -0.25) is 9.78 Å². The molecule has 1 unspecified atom stereocenters. The van der Waals surface area contributed by atoms with Crippen LogP contribution in [-0.2, 0) is 6.54 Å². The number of nitrogens with one attached hydrogen (secondary N) is 1. The summed E-state index contributed by atoms with van der Waals surface area (Å²) in [6.45, 7) is 4.43. The minimum absolute atomic E-state index is 0.248. The number of para-hydroxylation sites is 2. The van der Waals surface area contributed by atoms with Gasteiger partial charge in [-0.15, -0.1) is 0 Å². The molecule has 0 spiro atoms. The van der Waals surface area contributed by atoms with Gasteiger partial charge in [0.2, 0.25) is 0 Å². The Kier molecular flexibility index (Phi) is 4.50. The Balaban J connectivity index is 1.69. The number of H-pyrrole nitrogens is 1. The van der Waals surface area contributed by atoms with E-state index in [-0.39, 0.29) is 5.78 Å². The average molecular weight is 369 g/mol. The molecule has 4 rings (SSSR count). The lowest BCUT2D eigenvalue weighted by Crippen LogP contribution is -2.14. The van der Waals surface area contributed by atoms with Gasteiger partial charge in [0.25, 0.3) is 0 Å². The summed E-state index contributed by atoms with van der Waals surface area (Å²) in [5.41, 5.74) is 4.78. The van der Waals surface area contributed by atoms with Gasteiger partial charge in [-0.1, -0.05) is 18.2 Å². The van der Waals surface area contributed by atoms with E-state index in [1.54, 1.807) is 6.20 Å². The molecule has 0 saturated heterocycles. The average Bonchev–Trinajstić information content (AvgIpc) is 3.25. The van der Waals surface area contributed by atoms with E-state index in [1.165, 1.54) is 0 Å². The Hall–Kier alpha value is -3.72. The van der Waals surface area contributed by atoms with Crippen molar-refractivity contribution in [2.75, 3.05) is 0 Å². The second kappa shape index (κ2) is 7.12. The molecule has 28 heavy (non-hydrogen) atoms. The van der Waals surface area contributed by atoms with E-state index in [9.17, 15) is 10.1 Å². The monoisotopic (exact) mass is 369 g/mol. The Labute approximate surface area is 162 Å². The molecule has 0 radical (unpaired) electrons. The lowest BCUT2D eigenvalue weighted by atomic mass is 9.98. The SMILES string of the molecule is Cc1cc(C(=O)C(C#N)c2nc3ccccc3[nH]2)c(C)n1Cc1ccccn1. The van der Waals surface area contributed by atoms with Crippen molar-refractivity contribution in [2.45, 2.75) is 26.3 Å². The summed E-state index contributed by atoms with van der Waals surface area (Å²) in [5.74, 6) is -0.846. The summed E-state index contributed by atoms with van der Waals surface area (Å²) in [4.78, 5) is 25.1. The molecule has 4 aromatic rings. The van der Waals surface area contributed by atoms with Crippen molar-refractivity contribution < 1.29 is 4.79 Å². The number of Topliss-reactive ketones (excluding diaryl/α,β-unsaturated/α-hetero) is 1. The molecule has 3 aromatic heterocycles. The number of hydrogen-bond acceptors (Lipinski definition) is 4. The number of hydrogen-bond donors (Lipinski definition) is 1. The number of nitriles is 1. The van der Waals surface area contributed by atoms with Crippen LogP contribution in [0, 0.1) is 25.2 Å². The topological polar surface area (TPSA) is 87.4 Å². The van der Waals surface area contributed by atoms with Crippen molar-refractivity contribution in [3.8, 4) is 6.07 Å². The fraction of sp³-hybridized carbons (Fsp3) is 0.182. The van der Waals surface area contributed by atoms with Crippen LogP contribution < -0.4 is 0 Å². The number of benzene rings is 1. The predicted octanol–water partition coefficient (Wildman–Crippen LogP) is 3.91. The van der Waals surface area contributed by atoms with Crippen molar-refractivity contribution in [3.63, 3.8) is 0 Å². The molecule has 0 fully saturated rings. The van der Waals surface area contributed by atoms with Gasteiger partial charge in [0.1, 0.15) is 5.82 Å². The van der Waals surface area contributed by atoms with Gasteiger partial charge < -0.3 is 9.55 Å². The number of nitrogens with zero attached hydrogens (tertiary/aromatic N) is 4. The molecular formula is C22H19N5O. The van der Waals surface area contributed by atoms with E-state index < -0.39 is 5.92 Å². The van der Waals surface area contributed by atoms with Gasteiger partial charge in [-0.05, 0) is 44.2 Å². The third-order valence-corrected chi connectivity index (χ3v) is 4.96. The largest absolute Gasteiger partial charge is 0.343 e. The maximum atomic E-state index is 13.2. The van der Waals surface area contributed by atoms with Crippen molar-refractivity contribution in [1.82, 2.24) is 19.5 Å². The second-order valence-electron chi connectivity index (χ2n) is 6.76. The third kappa shape index (κ3) is 3.08. The van der Waals surface area contributed by atoms with Crippen LogP contribution in [-0.4, -0.2) is 25.3 Å². The molecule has 0 aliphatic carbocycles. The number of aryl methyl sites for hydroxylation is 1. The fourth-order valence-corrected chi connectivity index (χ4v) is 3.46.